The lowest BCUT2D eigenvalue weighted by atomic mass is 10.3. The molecule has 1 aliphatic carbocycles. The third kappa shape index (κ3) is 2.97. The van der Waals surface area contributed by atoms with Gasteiger partial charge >= 0.3 is 0 Å². The molecule has 1 saturated heterocycles. The van der Waals surface area contributed by atoms with E-state index >= 15 is 0 Å². The van der Waals surface area contributed by atoms with Crippen molar-refractivity contribution in [2.75, 3.05) is 18.0 Å². The first kappa shape index (κ1) is 12.7. The molecule has 1 aromatic heterocycles. The molecule has 1 unspecified atom stereocenters. The molecule has 1 aliphatic heterocycles. The Kier molecular flexibility index (Phi) is 3.31. The summed E-state index contributed by atoms with van der Waals surface area (Å²) in [5, 5.41) is 3.46. The van der Waals surface area contributed by atoms with Crippen LogP contribution >= 0.6 is 11.6 Å². The van der Waals surface area contributed by atoms with E-state index in [1.165, 1.54) is 0 Å². The SMILES string of the molecule is CC(=O)NC1CCN(c2cc(Cl)nc(C3CC3)n2)C1. The molecule has 1 saturated carbocycles. The zero-order valence-corrected chi connectivity index (χ0v) is 11.7. The van der Waals surface area contributed by atoms with Gasteiger partial charge in [0.2, 0.25) is 5.91 Å². The molecule has 102 valence electrons. The number of nitrogens with one attached hydrogen (secondary N) is 1. The Balaban J connectivity index is 1.74. The fraction of sp³-hybridized carbons (Fsp3) is 0.615. The zero-order chi connectivity index (χ0) is 13.4. The number of carbonyl (C=O) groups is 1. The lowest BCUT2D eigenvalue weighted by Crippen LogP contribution is -2.35. The van der Waals surface area contributed by atoms with Crippen LogP contribution in [0.4, 0.5) is 5.82 Å². The second kappa shape index (κ2) is 4.96. The van der Waals surface area contributed by atoms with Gasteiger partial charge < -0.3 is 10.2 Å². The van der Waals surface area contributed by atoms with E-state index in [1.807, 2.05) is 6.07 Å². The van der Waals surface area contributed by atoms with Gasteiger partial charge in [-0.3, -0.25) is 4.79 Å². The van der Waals surface area contributed by atoms with Gasteiger partial charge in [0.05, 0.1) is 0 Å². The van der Waals surface area contributed by atoms with Crippen LogP contribution in [0.2, 0.25) is 5.15 Å². The van der Waals surface area contributed by atoms with E-state index in [-0.39, 0.29) is 11.9 Å². The van der Waals surface area contributed by atoms with Crippen LogP contribution in [0.25, 0.3) is 0 Å². The Hall–Kier alpha value is -1.36. The van der Waals surface area contributed by atoms with Gasteiger partial charge in [-0.05, 0) is 19.3 Å². The highest BCUT2D eigenvalue weighted by molar-refractivity contribution is 6.29. The van der Waals surface area contributed by atoms with Gasteiger partial charge in [-0.2, -0.15) is 0 Å². The fourth-order valence-electron chi connectivity index (χ4n) is 2.48. The highest BCUT2D eigenvalue weighted by Gasteiger charge is 2.29. The maximum atomic E-state index is 11.1. The van der Waals surface area contributed by atoms with Crippen LogP contribution in [0, 0.1) is 0 Å². The summed E-state index contributed by atoms with van der Waals surface area (Å²) in [4.78, 5) is 22.1. The van der Waals surface area contributed by atoms with Crippen molar-refractivity contribution in [1.29, 1.82) is 0 Å². The van der Waals surface area contributed by atoms with Crippen LogP contribution in [0.3, 0.4) is 0 Å². The van der Waals surface area contributed by atoms with E-state index in [4.69, 9.17) is 11.6 Å². The van der Waals surface area contributed by atoms with Crippen LogP contribution in [-0.2, 0) is 4.79 Å². The normalized spacial score (nSPS) is 22.6. The summed E-state index contributed by atoms with van der Waals surface area (Å²) in [7, 11) is 0. The van der Waals surface area contributed by atoms with E-state index in [0.717, 1.165) is 44.0 Å². The number of amides is 1. The quantitative estimate of drug-likeness (QED) is 0.857. The molecule has 0 spiro atoms. The van der Waals surface area contributed by atoms with Crippen molar-refractivity contribution < 1.29 is 4.79 Å². The maximum absolute atomic E-state index is 11.1. The second-order valence-electron chi connectivity index (χ2n) is 5.31. The molecular formula is C13H17ClN4O. The van der Waals surface area contributed by atoms with Crippen LogP contribution < -0.4 is 10.2 Å². The first-order valence-corrected chi connectivity index (χ1v) is 7.06. The van der Waals surface area contributed by atoms with Crippen molar-refractivity contribution in [2.45, 2.75) is 38.1 Å². The molecule has 1 atom stereocenters. The van der Waals surface area contributed by atoms with E-state index in [2.05, 4.69) is 20.2 Å². The standard InChI is InChI=1S/C13H17ClN4O/c1-8(19)15-10-4-5-18(7-10)12-6-11(14)16-13(17-12)9-2-3-9/h6,9-10H,2-5,7H2,1H3,(H,15,19). The maximum Gasteiger partial charge on any atom is 0.217 e. The minimum absolute atomic E-state index is 0.0197. The molecule has 2 fully saturated rings. The summed E-state index contributed by atoms with van der Waals surface area (Å²) in [6, 6.07) is 2.01. The number of aromatic nitrogens is 2. The minimum atomic E-state index is 0.0197. The van der Waals surface area contributed by atoms with E-state index in [0.29, 0.717) is 11.1 Å². The highest BCUT2D eigenvalue weighted by Crippen LogP contribution is 2.39. The number of hydrogen-bond donors (Lipinski definition) is 1. The van der Waals surface area contributed by atoms with Crippen LogP contribution in [0.5, 0.6) is 0 Å². The number of carbonyl (C=O) groups excluding carboxylic acids is 1. The Morgan fingerprint density at radius 1 is 1.42 bits per heavy atom. The number of halogens is 1. The summed E-state index contributed by atoms with van der Waals surface area (Å²) in [5.41, 5.74) is 0. The Morgan fingerprint density at radius 3 is 2.89 bits per heavy atom. The first-order chi connectivity index (χ1) is 9.11. The van der Waals surface area contributed by atoms with Crippen LogP contribution in [-0.4, -0.2) is 35.0 Å². The summed E-state index contributed by atoms with van der Waals surface area (Å²) >= 11 is 6.07. The molecule has 2 aliphatic rings. The van der Waals surface area contributed by atoms with Gasteiger partial charge in [0.15, 0.2) is 0 Å². The van der Waals surface area contributed by atoms with Gasteiger partial charge in [-0.1, -0.05) is 11.6 Å². The molecule has 5 nitrogen and oxygen atoms in total. The topological polar surface area (TPSA) is 58.1 Å². The van der Waals surface area contributed by atoms with Crippen molar-refractivity contribution in [1.82, 2.24) is 15.3 Å². The largest absolute Gasteiger partial charge is 0.354 e. The summed E-state index contributed by atoms with van der Waals surface area (Å²) in [5.74, 6) is 2.26. The smallest absolute Gasteiger partial charge is 0.217 e. The van der Waals surface area contributed by atoms with Crippen LogP contribution in [0.15, 0.2) is 6.07 Å². The van der Waals surface area contributed by atoms with Crippen molar-refractivity contribution in [3.63, 3.8) is 0 Å². The predicted molar refractivity (Wildman–Crippen MR) is 73.5 cm³/mol. The number of rotatable bonds is 3. The Labute approximate surface area is 117 Å². The predicted octanol–water partition coefficient (Wildman–Crippen LogP) is 1.72. The monoisotopic (exact) mass is 280 g/mol. The third-order valence-electron chi connectivity index (χ3n) is 3.56. The molecular weight excluding hydrogens is 264 g/mol. The van der Waals surface area contributed by atoms with Gasteiger partial charge in [0.25, 0.3) is 0 Å². The van der Waals surface area contributed by atoms with Gasteiger partial charge in [0.1, 0.15) is 16.8 Å². The molecule has 1 aromatic rings. The third-order valence-corrected chi connectivity index (χ3v) is 3.75. The molecule has 3 rings (SSSR count). The minimum Gasteiger partial charge on any atom is -0.354 e. The Bertz CT molecular complexity index is 503. The molecule has 1 N–H and O–H groups in total. The number of anilines is 1. The summed E-state index contributed by atoms with van der Waals surface area (Å²) < 4.78 is 0. The van der Waals surface area contributed by atoms with Gasteiger partial charge in [-0.25, -0.2) is 9.97 Å². The lowest BCUT2D eigenvalue weighted by Gasteiger charge is -2.18. The number of hydrogen-bond acceptors (Lipinski definition) is 4. The molecule has 2 heterocycles. The molecule has 19 heavy (non-hydrogen) atoms. The fourth-order valence-corrected chi connectivity index (χ4v) is 2.67. The average molecular weight is 281 g/mol. The Morgan fingerprint density at radius 2 is 2.21 bits per heavy atom. The molecule has 0 radical (unpaired) electrons. The number of nitrogens with zero attached hydrogens (tertiary/aromatic N) is 3. The van der Waals surface area contributed by atoms with E-state index in [1.54, 1.807) is 6.92 Å². The van der Waals surface area contributed by atoms with E-state index in [9.17, 15) is 4.79 Å². The summed E-state index contributed by atoms with van der Waals surface area (Å²) in [6.07, 6.45) is 3.27. The van der Waals surface area contributed by atoms with Crippen molar-refractivity contribution >= 4 is 23.3 Å². The van der Waals surface area contributed by atoms with Crippen LogP contribution in [0.1, 0.15) is 37.9 Å². The molecule has 0 bridgehead atoms. The first-order valence-electron chi connectivity index (χ1n) is 6.68. The molecule has 1 amide bonds. The second-order valence-corrected chi connectivity index (χ2v) is 5.70. The lowest BCUT2D eigenvalue weighted by molar-refractivity contribution is -0.119. The molecule has 0 aromatic carbocycles. The van der Waals surface area contributed by atoms with Gasteiger partial charge in [-0.15, -0.1) is 0 Å². The molecule has 6 heteroatoms. The van der Waals surface area contributed by atoms with Crippen molar-refractivity contribution in [2.24, 2.45) is 0 Å². The summed E-state index contributed by atoms with van der Waals surface area (Å²) in [6.45, 7) is 3.23. The zero-order valence-electron chi connectivity index (χ0n) is 10.9. The van der Waals surface area contributed by atoms with Crippen molar-refractivity contribution in [3.05, 3.63) is 17.0 Å². The highest BCUT2D eigenvalue weighted by atomic mass is 35.5. The van der Waals surface area contributed by atoms with Crippen molar-refractivity contribution in [3.8, 4) is 0 Å². The van der Waals surface area contributed by atoms with Gasteiger partial charge in [0, 0.05) is 38.0 Å². The average Bonchev–Trinajstić information content (AvgIpc) is 3.09. The van der Waals surface area contributed by atoms with E-state index < -0.39 is 0 Å².